The Hall–Kier alpha value is -3.19. The summed E-state index contributed by atoms with van der Waals surface area (Å²) in [7, 11) is 0. The molecule has 0 spiro atoms. The summed E-state index contributed by atoms with van der Waals surface area (Å²) in [5.74, 6) is -0.248. The molecule has 1 saturated heterocycles. The van der Waals surface area contributed by atoms with Gasteiger partial charge in [-0.3, -0.25) is 14.3 Å². The van der Waals surface area contributed by atoms with Gasteiger partial charge in [-0.25, -0.2) is 4.98 Å². The molecular weight excluding hydrogens is 394 g/mol. The lowest BCUT2D eigenvalue weighted by Crippen LogP contribution is -2.33. The molecule has 12 nitrogen and oxygen atoms in total. The first-order valence-corrected chi connectivity index (χ1v) is 9.33. The Morgan fingerprint density at radius 3 is 2.57 bits per heavy atom. The highest BCUT2D eigenvalue weighted by atomic mass is 16.6. The number of aliphatic hydroxyl groups is 3. The van der Waals surface area contributed by atoms with Crippen molar-refractivity contribution in [2.45, 2.75) is 37.9 Å². The second kappa shape index (κ2) is 7.91. The summed E-state index contributed by atoms with van der Waals surface area (Å²) < 4.78 is 6.80. The van der Waals surface area contributed by atoms with Gasteiger partial charge in [0.1, 0.15) is 18.3 Å². The van der Waals surface area contributed by atoms with Gasteiger partial charge in [0.25, 0.3) is 11.5 Å². The first-order valence-electron chi connectivity index (χ1n) is 9.33. The smallest absolute Gasteiger partial charge is 0.280 e. The predicted molar refractivity (Wildman–Crippen MR) is 106 cm³/mol. The molecular formula is C18H21N7O5. The molecule has 4 rings (SSSR count). The van der Waals surface area contributed by atoms with E-state index >= 15 is 0 Å². The Labute approximate surface area is 169 Å². The molecule has 0 aliphatic carbocycles. The zero-order valence-electron chi connectivity index (χ0n) is 16.0. The Bertz CT molecular complexity index is 1140. The van der Waals surface area contributed by atoms with E-state index in [1.165, 1.54) is 4.57 Å². The number of H-pyrrole nitrogens is 1. The number of aliphatic hydroxyl groups excluding tert-OH is 3. The van der Waals surface area contributed by atoms with Crippen molar-refractivity contribution in [1.29, 1.82) is 0 Å². The maximum absolute atomic E-state index is 12.3. The van der Waals surface area contributed by atoms with Crippen LogP contribution >= 0.6 is 0 Å². The Balaban J connectivity index is 1.82. The van der Waals surface area contributed by atoms with Crippen LogP contribution in [0.1, 0.15) is 18.7 Å². The molecule has 0 saturated carbocycles. The summed E-state index contributed by atoms with van der Waals surface area (Å²) in [6, 6.07) is 7.39. The van der Waals surface area contributed by atoms with Crippen molar-refractivity contribution >= 4 is 28.7 Å². The molecule has 1 aromatic carbocycles. The summed E-state index contributed by atoms with van der Waals surface area (Å²) in [5.41, 5.74) is 6.65. The number of anilines is 1. The molecule has 2 aromatic heterocycles. The lowest BCUT2D eigenvalue weighted by atomic mass is 10.1. The van der Waals surface area contributed by atoms with Crippen molar-refractivity contribution in [3.8, 4) is 0 Å². The van der Waals surface area contributed by atoms with Crippen LogP contribution < -0.4 is 11.3 Å². The molecule has 12 heteroatoms. The van der Waals surface area contributed by atoms with Gasteiger partial charge in [0.05, 0.1) is 12.3 Å². The van der Waals surface area contributed by atoms with Gasteiger partial charge in [0.15, 0.2) is 17.4 Å². The summed E-state index contributed by atoms with van der Waals surface area (Å²) in [6.07, 6.45) is -4.16. The molecule has 3 aromatic rings. The van der Waals surface area contributed by atoms with E-state index in [1.807, 2.05) is 19.1 Å². The Morgan fingerprint density at radius 2 is 1.93 bits per heavy atom. The quantitative estimate of drug-likeness (QED) is 0.368. The second-order valence-electron chi connectivity index (χ2n) is 6.85. The van der Waals surface area contributed by atoms with Gasteiger partial charge in [0.2, 0.25) is 5.95 Å². The third-order valence-corrected chi connectivity index (χ3v) is 4.92. The van der Waals surface area contributed by atoms with Crippen LogP contribution in [0, 0.1) is 0 Å². The van der Waals surface area contributed by atoms with E-state index in [2.05, 4.69) is 25.2 Å². The first-order chi connectivity index (χ1) is 14.4. The monoisotopic (exact) mass is 415 g/mol. The average Bonchev–Trinajstić information content (AvgIpc) is 3.24. The maximum atomic E-state index is 12.3. The molecule has 158 valence electrons. The van der Waals surface area contributed by atoms with E-state index in [0.29, 0.717) is 5.69 Å². The minimum absolute atomic E-state index is 0.00127. The van der Waals surface area contributed by atoms with Gasteiger partial charge < -0.3 is 25.8 Å². The van der Waals surface area contributed by atoms with Gasteiger partial charge >= 0.3 is 0 Å². The molecule has 6 N–H and O–H groups in total. The fraction of sp³-hybridized carbons (Fsp3) is 0.389. The molecule has 4 atom stereocenters. The van der Waals surface area contributed by atoms with Crippen molar-refractivity contribution in [3.63, 3.8) is 0 Å². The summed E-state index contributed by atoms with van der Waals surface area (Å²) >= 11 is 0. The number of aromatic amines is 1. The topological polar surface area (TPSA) is 184 Å². The maximum Gasteiger partial charge on any atom is 0.280 e. The molecule has 0 amide bonds. The fourth-order valence-electron chi connectivity index (χ4n) is 3.29. The fourth-order valence-corrected chi connectivity index (χ4v) is 3.29. The Kier molecular flexibility index (Phi) is 5.30. The summed E-state index contributed by atoms with van der Waals surface area (Å²) in [4.78, 5) is 22.9. The third-order valence-electron chi connectivity index (χ3n) is 4.92. The van der Waals surface area contributed by atoms with Crippen LogP contribution in [-0.4, -0.2) is 59.8 Å². The normalized spacial score (nSPS) is 24.3. The zero-order chi connectivity index (χ0) is 21.4. The van der Waals surface area contributed by atoms with Gasteiger partial charge in [-0.1, -0.05) is 19.1 Å². The molecule has 0 bridgehead atoms. The van der Waals surface area contributed by atoms with E-state index in [0.717, 1.165) is 12.0 Å². The number of nitrogens with zero attached hydrogens (tertiary/aromatic N) is 5. The number of rotatable bonds is 5. The minimum Gasteiger partial charge on any atom is -0.394 e. The van der Waals surface area contributed by atoms with Crippen molar-refractivity contribution in [2.75, 3.05) is 12.3 Å². The molecule has 1 fully saturated rings. The van der Waals surface area contributed by atoms with Crippen LogP contribution in [0.25, 0.3) is 11.2 Å². The van der Waals surface area contributed by atoms with Crippen molar-refractivity contribution in [1.82, 2.24) is 19.5 Å². The molecule has 1 aliphatic rings. The van der Waals surface area contributed by atoms with Crippen LogP contribution in [0.2, 0.25) is 0 Å². The average molecular weight is 415 g/mol. The Morgan fingerprint density at radius 1 is 1.20 bits per heavy atom. The van der Waals surface area contributed by atoms with E-state index in [-0.39, 0.29) is 23.1 Å². The number of hydrogen-bond acceptors (Lipinski definition) is 10. The SMILES string of the molecule is CCc1ccc(N=Nc2nc3c(=O)[nH]c(N)nc3n2[C@@H]2O[C@H](CO)[C@H](O)C2O)cc1. The van der Waals surface area contributed by atoms with Gasteiger partial charge in [-0.15, -0.1) is 10.2 Å². The van der Waals surface area contributed by atoms with Crippen molar-refractivity contribution < 1.29 is 20.1 Å². The van der Waals surface area contributed by atoms with Crippen LogP contribution in [0.5, 0.6) is 0 Å². The van der Waals surface area contributed by atoms with Gasteiger partial charge in [0, 0.05) is 0 Å². The van der Waals surface area contributed by atoms with Crippen LogP contribution in [0.4, 0.5) is 17.6 Å². The molecule has 0 radical (unpaired) electrons. The second-order valence-corrected chi connectivity index (χ2v) is 6.85. The standard InChI is InChI=1S/C18H21N7O5/c1-2-8-3-5-9(6-4-8)23-24-18-20-11-14(21-17(19)22-15(11)29)25(18)16-13(28)12(27)10(7-26)30-16/h3-6,10,12-13,16,26-28H,2,7H2,1H3,(H3,19,21,22,29)/t10-,12+,13?,16-/m1/s1. The van der Waals surface area contributed by atoms with E-state index in [9.17, 15) is 20.1 Å². The number of imidazole rings is 1. The number of azo groups is 1. The van der Waals surface area contributed by atoms with Crippen LogP contribution in [0.3, 0.4) is 0 Å². The van der Waals surface area contributed by atoms with E-state index in [4.69, 9.17) is 10.5 Å². The van der Waals surface area contributed by atoms with Crippen LogP contribution in [0.15, 0.2) is 39.3 Å². The number of aromatic nitrogens is 4. The van der Waals surface area contributed by atoms with Gasteiger partial charge in [-0.2, -0.15) is 4.98 Å². The summed E-state index contributed by atoms with van der Waals surface area (Å²) in [5, 5.41) is 38.2. The lowest BCUT2D eigenvalue weighted by Gasteiger charge is -2.17. The number of ether oxygens (including phenoxy) is 1. The minimum atomic E-state index is -1.43. The zero-order valence-corrected chi connectivity index (χ0v) is 16.0. The van der Waals surface area contributed by atoms with Gasteiger partial charge in [-0.05, 0) is 24.1 Å². The molecule has 1 aliphatic heterocycles. The number of nitrogens with one attached hydrogen (secondary N) is 1. The highest BCUT2D eigenvalue weighted by Gasteiger charge is 2.45. The largest absolute Gasteiger partial charge is 0.394 e. The number of nitrogen functional groups attached to an aromatic ring is 1. The first kappa shape index (κ1) is 20.1. The number of nitrogens with two attached hydrogens (primary N) is 1. The van der Waals surface area contributed by atoms with Crippen molar-refractivity contribution in [2.24, 2.45) is 10.2 Å². The molecule has 30 heavy (non-hydrogen) atoms. The van der Waals surface area contributed by atoms with E-state index in [1.54, 1.807) is 12.1 Å². The predicted octanol–water partition coefficient (Wildman–Crippen LogP) is 0.291. The number of hydrogen-bond donors (Lipinski definition) is 5. The number of benzene rings is 1. The third kappa shape index (κ3) is 3.45. The lowest BCUT2D eigenvalue weighted by molar-refractivity contribution is -0.0503. The highest BCUT2D eigenvalue weighted by Crippen LogP contribution is 2.35. The summed E-state index contributed by atoms with van der Waals surface area (Å²) in [6.45, 7) is 1.52. The molecule has 1 unspecified atom stereocenters. The molecule has 3 heterocycles. The number of fused-ring (bicyclic) bond motifs is 1. The highest BCUT2D eigenvalue weighted by molar-refractivity contribution is 5.74. The van der Waals surface area contributed by atoms with Crippen molar-refractivity contribution in [3.05, 3.63) is 40.2 Å². The van der Waals surface area contributed by atoms with E-state index < -0.39 is 36.7 Å². The van der Waals surface area contributed by atoms with Crippen LogP contribution in [-0.2, 0) is 11.2 Å². The number of aryl methyl sites for hydroxylation is 1.